The fraction of sp³-hybridized carbons (Fsp3) is 0.154. The maximum Gasteiger partial charge on any atom is 0.336 e. The smallest absolute Gasteiger partial charge is 0.336 e. The molecule has 1 aliphatic rings. The molecule has 3 rings (SSSR count). The van der Waals surface area contributed by atoms with Crippen LogP contribution in [0, 0.1) is 6.92 Å². The monoisotopic (exact) mass is 214 g/mol. The van der Waals surface area contributed by atoms with Crippen LogP contribution in [0.5, 0.6) is 5.75 Å². The van der Waals surface area contributed by atoms with E-state index in [-0.39, 0.29) is 5.63 Å². The highest BCUT2D eigenvalue weighted by atomic mass is 16.5. The van der Waals surface area contributed by atoms with E-state index in [2.05, 4.69) is 0 Å². The summed E-state index contributed by atoms with van der Waals surface area (Å²) in [6.07, 6.45) is 4.01. The SMILES string of the molecule is Cc1cc2oc(=O)ccc2c2c1C=CCO2. The van der Waals surface area contributed by atoms with Crippen molar-refractivity contribution in [3.63, 3.8) is 0 Å². The molecule has 0 unspecified atom stereocenters. The Morgan fingerprint density at radius 3 is 3.06 bits per heavy atom. The molecule has 0 radical (unpaired) electrons. The Morgan fingerprint density at radius 1 is 1.31 bits per heavy atom. The molecule has 1 aliphatic heterocycles. The maximum absolute atomic E-state index is 11.1. The summed E-state index contributed by atoms with van der Waals surface area (Å²) in [4.78, 5) is 11.1. The molecule has 0 saturated heterocycles. The van der Waals surface area contributed by atoms with E-state index in [1.54, 1.807) is 6.07 Å². The van der Waals surface area contributed by atoms with Gasteiger partial charge in [0, 0.05) is 11.6 Å². The Balaban J connectivity index is 2.47. The standard InChI is InChI=1S/C13H10O3/c1-8-7-11-10(4-5-12(14)16-11)13-9(8)3-2-6-15-13/h2-5,7H,6H2,1H3. The van der Waals surface area contributed by atoms with E-state index < -0.39 is 0 Å². The average molecular weight is 214 g/mol. The van der Waals surface area contributed by atoms with Crippen LogP contribution in [0.2, 0.25) is 0 Å². The first-order chi connectivity index (χ1) is 7.75. The molecule has 16 heavy (non-hydrogen) atoms. The lowest BCUT2D eigenvalue weighted by atomic mass is 10.0. The third kappa shape index (κ3) is 1.25. The zero-order valence-electron chi connectivity index (χ0n) is 8.82. The largest absolute Gasteiger partial charge is 0.488 e. The van der Waals surface area contributed by atoms with Gasteiger partial charge in [0.1, 0.15) is 17.9 Å². The van der Waals surface area contributed by atoms with Gasteiger partial charge in [-0.3, -0.25) is 0 Å². The summed E-state index contributed by atoms with van der Waals surface area (Å²) in [5.41, 5.74) is 2.36. The Morgan fingerprint density at radius 2 is 2.19 bits per heavy atom. The van der Waals surface area contributed by atoms with Crippen LogP contribution in [0.3, 0.4) is 0 Å². The summed E-state index contributed by atoms with van der Waals surface area (Å²) in [5, 5.41) is 0.851. The van der Waals surface area contributed by atoms with Crippen molar-refractivity contribution in [3.8, 4) is 5.75 Å². The van der Waals surface area contributed by atoms with Gasteiger partial charge in [-0.25, -0.2) is 4.79 Å². The molecule has 2 heterocycles. The highest BCUT2D eigenvalue weighted by molar-refractivity contribution is 5.89. The van der Waals surface area contributed by atoms with Crippen molar-refractivity contribution in [3.05, 3.63) is 45.8 Å². The Labute approximate surface area is 92.0 Å². The quantitative estimate of drug-likeness (QED) is 0.632. The van der Waals surface area contributed by atoms with Crippen LogP contribution in [0.4, 0.5) is 0 Å². The molecule has 0 bridgehead atoms. The highest BCUT2D eigenvalue weighted by Gasteiger charge is 2.14. The van der Waals surface area contributed by atoms with Crippen molar-refractivity contribution in [1.29, 1.82) is 0 Å². The number of aryl methyl sites for hydroxylation is 1. The van der Waals surface area contributed by atoms with Gasteiger partial charge in [-0.1, -0.05) is 6.08 Å². The van der Waals surface area contributed by atoms with Crippen LogP contribution in [-0.2, 0) is 0 Å². The lowest BCUT2D eigenvalue weighted by molar-refractivity contribution is 0.362. The molecule has 2 aromatic rings. The first-order valence-electron chi connectivity index (χ1n) is 5.12. The number of fused-ring (bicyclic) bond motifs is 3. The number of hydrogen-bond acceptors (Lipinski definition) is 3. The molecular formula is C13H10O3. The van der Waals surface area contributed by atoms with Crippen LogP contribution >= 0.6 is 0 Å². The van der Waals surface area contributed by atoms with E-state index >= 15 is 0 Å². The van der Waals surface area contributed by atoms with Gasteiger partial charge in [-0.2, -0.15) is 0 Å². The average Bonchev–Trinajstić information content (AvgIpc) is 2.29. The molecular weight excluding hydrogens is 204 g/mol. The van der Waals surface area contributed by atoms with E-state index in [0.29, 0.717) is 12.2 Å². The second kappa shape index (κ2) is 3.23. The van der Waals surface area contributed by atoms with E-state index in [9.17, 15) is 4.79 Å². The molecule has 80 valence electrons. The second-order valence-corrected chi connectivity index (χ2v) is 3.82. The summed E-state index contributed by atoms with van der Waals surface area (Å²) in [7, 11) is 0. The fourth-order valence-electron chi connectivity index (χ4n) is 1.98. The minimum absolute atomic E-state index is 0.335. The summed E-state index contributed by atoms with van der Waals surface area (Å²) < 4.78 is 10.8. The van der Waals surface area contributed by atoms with Crippen molar-refractivity contribution < 1.29 is 9.15 Å². The van der Waals surface area contributed by atoms with Crippen LogP contribution in [0.25, 0.3) is 17.0 Å². The fourth-order valence-corrected chi connectivity index (χ4v) is 1.98. The summed E-state index contributed by atoms with van der Waals surface area (Å²) in [6.45, 7) is 2.54. The molecule has 3 heteroatoms. The summed E-state index contributed by atoms with van der Waals surface area (Å²) >= 11 is 0. The lowest BCUT2D eigenvalue weighted by Crippen LogP contribution is -2.04. The van der Waals surface area contributed by atoms with Gasteiger partial charge < -0.3 is 9.15 Å². The molecule has 1 aromatic heterocycles. The van der Waals surface area contributed by atoms with Crippen molar-refractivity contribution in [1.82, 2.24) is 0 Å². The third-order valence-electron chi connectivity index (χ3n) is 2.73. The van der Waals surface area contributed by atoms with Crippen molar-refractivity contribution >= 4 is 17.0 Å². The van der Waals surface area contributed by atoms with E-state index in [1.807, 2.05) is 25.1 Å². The van der Waals surface area contributed by atoms with Gasteiger partial charge in [0.25, 0.3) is 0 Å². The molecule has 0 N–H and O–H groups in total. The van der Waals surface area contributed by atoms with Gasteiger partial charge in [0.15, 0.2) is 0 Å². The zero-order chi connectivity index (χ0) is 11.1. The van der Waals surface area contributed by atoms with E-state index in [4.69, 9.17) is 9.15 Å². The predicted octanol–water partition coefficient (Wildman–Crippen LogP) is 2.51. The van der Waals surface area contributed by atoms with Crippen molar-refractivity contribution in [2.45, 2.75) is 6.92 Å². The molecule has 0 fully saturated rings. The number of benzene rings is 1. The molecule has 0 amide bonds. The first-order valence-corrected chi connectivity index (χ1v) is 5.12. The van der Waals surface area contributed by atoms with E-state index in [1.165, 1.54) is 6.07 Å². The summed E-state index contributed by atoms with van der Waals surface area (Å²) in [5.74, 6) is 0.807. The maximum atomic E-state index is 11.1. The number of ether oxygens (including phenoxy) is 1. The Bertz CT molecular complexity index is 650. The molecule has 0 atom stereocenters. The third-order valence-corrected chi connectivity index (χ3v) is 2.73. The molecule has 0 saturated carbocycles. The molecule has 0 spiro atoms. The van der Waals surface area contributed by atoms with E-state index in [0.717, 1.165) is 22.3 Å². The van der Waals surface area contributed by atoms with Gasteiger partial charge >= 0.3 is 5.63 Å². The molecule has 1 aromatic carbocycles. The van der Waals surface area contributed by atoms with Crippen molar-refractivity contribution in [2.75, 3.05) is 6.61 Å². The van der Waals surface area contributed by atoms with Crippen LogP contribution < -0.4 is 10.4 Å². The van der Waals surface area contributed by atoms with Crippen LogP contribution in [-0.4, -0.2) is 6.61 Å². The Kier molecular flexibility index (Phi) is 1.86. The predicted molar refractivity (Wildman–Crippen MR) is 61.8 cm³/mol. The minimum Gasteiger partial charge on any atom is -0.488 e. The van der Waals surface area contributed by atoms with Gasteiger partial charge in [0.2, 0.25) is 0 Å². The second-order valence-electron chi connectivity index (χ2n) is 3.82. The van der Waals surface area contributed by atoms with Gasteiger partial charge in [-0.15, -0.1) is 0 Å². The summed E-state index contributed by atoms with van der Waals surface area (Å²) in [6, 6.07) is 5.03. The number of rotatable bonds is 0. The van der Waals surface area contributed by atoms with Gasteiger partial charge in [-0.05, 0) is 30.7 Å². The highest BCUT2D eigenvalue weighted by Crippen LogP contribution is 2.34. The first kappa shape index (κ1) is 9.21. The molecule has 0 aliphatic carbocycles. The van der Waals surface area contributed by atoms with Crippen LogP contribution in [0.1, 0.15) is 11.1 Å². The number of hydrogen-bond donors (Lipinski definition) is 0. The van der Waals surface area contributed by atoms with Crippen molar-refractivity contribution in [2.24, 2.45) is 0 Å². The normalized spacial score (nSPS) is 13.6. The molecule has 3 nitrogen and oxygen atoms in total. The lowest BCUT2D eigenvalue weighted by Gasteiger charge is -2.16. The zero-order valence-corrected chi connectivity index (χ0v) is 8.82. The minimum atomic E-state index is -0.335. The topological polar surface area (TPSA) is 39.4 Å². The van der Waals surface area contributed by atoms with Gasteiger partial charge in [0.05, 0.1) is 5.39 Å². The Hall–Kier alpha value is -2.03. The van der Waals surface area contributed by atoms with Crippen LogP contribution in [0.15, 0.2) is 33.5 Å².